The average Bonchev–Trinajstić information content (AvgIpc) is 2.81. The highest BCUT2D eigenvalue weighted by molar-refractivity contribution is 7.92. The molecule has 2 rings (SSSR count). The van der Waals surface area contributed by atoms with E-state index in [1.165, 1.54) is 17.0 Å². The number of hydrogen-bond acceptors (Lipinski definition) is 4. The Kier molecular flexibility index (Phi) is 11.8. The Morgan fingerprint density at radius 3 is 2.36 bits per heavy atom. The van der Waals surface area contributed by atoms with Crippen LogP contribution in [-0.4, -0.2) is 50.5 Å². The van der Waals surface area contributed by atoms with E-state index in [4.69, 9.17) is 34.8 Å². The third kappa shape index (κ3) is 8.83. The van der Waals surface area contributed by atoms with Gasteiger partial charge in [0.05, 0.1) is 17.0 Å². The van der Waals surface area contributed by atoms with Crippen molar-refractivity contribution in [2.24, 2.45) is 0 Å². The summed E-state index contributed by atoms with van der Waals surface area (Å²) >= 11 is 18.6. The van der Waals surface area contributed by atoms with Gasteiger partial charge >= 0.3 is 0 Å². The van der Waals surface area contributed by atoms with E-state index >= 15 is 0 Å². The van der Waals surface area contributed by atoms with Crippen molar-refractivity contribution < 1.29 is 18.0 Å². The van der Waals surface area contributed by atoms with Crippen molar-refractivity contribution in [2.75, 3.05) is 23.7 Å². The number of benzene rings is 2. The Morgan fingerprint density at radius 1 is 1.03 bits per heavy atom. The molecule has 0 radical (unpaired) electrons. The number of amides is 2. The Morgan fingerprint density at radius 2 is 1.72 bits per heavy atom. The fourth-order valence-electron chi connectivity index (χ4n) is 3.59. The Bertz CT molecular complexity index is 1160. The molecule has 2 amide bonds. The summed E-state index contributed by atoms with van der Waals surface area (Å²) in [7, 11) is -3.69. The number of nitrogens with one attached hydrogen (secondary N) is 1. The minimum absolute atomic E-state index is 0.0151. The highest BCUT2D eigenvalue weighted by atomic mass is 35.5. The van der Waals surface area contributed by atoms with Gasteiger partial charge in [0.15, 0.2) is 0 Å². The second kappa shape index (κ2) is 14.1. The van der Waals surface area contributed by atoms with Crippen molar-refractivity contribution in [1.29, 1.82) is 0 Å². The van der Waals surface area contributed by atoms with Crippen LogP contribution in [0.5, 0.6) is 0 Å². The van der Waals surface area contributed by atoms with E-state index < -0.39 is 16.1 Å². The van der Waals surface area contributed by atoms with Crippen molar-refractivity contribution in [3.63, 3.8) is 0 Å². The van der Waals surface area contributed by atoms with Gasteiger partial charge in [-0.1, -0.05) is 66.3 Å². The molecule has 0 aliphatic carbocycles. The molecule has 0 spiro atoms. The lowest BCUT2D eigenvalue weighted by atomic mass is 10.1. The zero-order valence-electron chi connectivity index (χ0n) is 20.6. The number of unbranched alkanes of at least 4 members (excludes halogenated alkanes) is 1. The maximum absolute atomic E-state index is 13.3. The summed E-state index contributed by atoms with van der Waals surface area (Å²) in [5.41, 5.74) is 0.958. The fourth-order valence-corrected chi connectivity index (χ4v) is 5.19. The molecular weight excluding hydrogens is 545 g/mol. The predicted octanol–water partition coefficient (Wildman–Crippen LogP) is 5.53. The molecule has 0 aliphatic rings. The molecule has 0 aromatic heterocycles. The molecule has 2 aromatic rings. The molecule has 0 saturated heterocycles. The van der Waals surface area contributed by atoms with Crippen LogP contribution in [0.4, 0.5) is 5.69 Å². The Labute approximate surface area is 228 Å². The summed E-state index contributed by atoms with van der Waals surface area (Å²) < 4.78 is 26.1. The van der Waals surface area contributed by atoms with Gasteiger partial charge in [-0.3, -0.25) is 13.9 Å². The van der Waals surface area contributed by atoms with E-state index in [1.54, 1.807) is 31.2 Å². The number of carbonyl (C=O) groups is 2. The van der Waals surface area contributed by atoms with Gasteiger partial charge in [0.2, 0.25) is 21.8 Å². The number of sulfonamides is 1. The maximum atomic E-state index is 13.3. The summed E-state index contributed by atoms with van der Waals surface area (Å²) in [5, 5.41) is 3.93. The monoisotopic (exact) mass is 575 g/mol. The number of anilines is 1. The molecule has 0 aliphatic heterocycles. The molecule has 198 valence electrons. The number of halogens is 3. The number of rotatable bonds is 13. The summed E-state index contributed by atoms with van der Waals surface area (Å²) in [5.74, 6) is -0.550. The molecule has 1 atom stereocenters. The van der Waals surface area contributed by atoms with Crippen molar-refractivity contribution in [3.05, 3.63) is 63.1 Å². The van der Waals surface area contributed by atoms with Gasteiger partial charge in [-0.25, -0.2) is 8.42 Å². The van der Waals surface area contributed by atoms with Crippen LogP contribution in [0, 0.1) is 0 Å². The van der Waals surface area contributed by atoms with Gasteiger partial charge < -0.3 is 10.2 Å². The van der Waals surface area contributed by atoms with Gasteiger partial charge in [0.25, 0.3) is 0 Å². The van der Waals surface area contributed by atoms with Crippen LogP contribution in [0.25, 0.3) is 0 Å². The highest BCUT2D eigenvalue weighted by Gasteiger charge is 2.27. The normalized spacial score (nSPS) is 12.2. The van der Waals surface area contributed by atoms with E-state index in [-0.39, 0.29) is 48.5 Å². The summed E-state index contributed by atoms with van der Waals surface area (Å²) in [6.07, 6.45) is 3.06. The molecule has 36 heavy (non-hydrogen) atoms. The molecule has 2 aromatic carbocycles. The summed E-state index contributed by atoms with van der Waals surface area (Å²) in [6, 6.07) is 11.0. The smallest absolute Gasteiger partial charge is 0.242 e. The molecule has 1 N–H and O–H groups in total. The van der Waals surface area contributed by atoms with Crippen LogP contribution in [0.15, 0.2) is 42.5 Å². The third-order valence-corrected chi connectivity index (χ3v) is 7.73. The van der Waals surface area contributed by atoms with Crippen LogP contribution in [-0.2, 0) is 26.2 Å². The van der Waals surface area contributed by atoms with E-state index in [2.05, 4.69) is 5.32 Å². The summed E-state index contributed by atoms with van der Waals surface area (Å²) in [4.78, 5) is 27.5. The lowest BCUT2D eigenvalue weighted by Crippen LogP contribution is -2.48. The molecule has 7 nitrogen and oxygen atoms in total. The molecule has 0 fully saturated rings. The first-order valence-corrected chi connectivity index (χ1v) is 14.7. The average molecular weight is 577 g/mol. The molecule has 0 saturated carbocycles. The topological polar surface area (TPSA) is 86.8 Å². The van der Waals surface area contributed by atoms with Crippen LogP contribution in [0.2, 0.25) is 15.1 Å². The second-order valence-corrected chi connectivity index (χ2v) is 11.6. The molecule has 0 unspecified atom stereocenters. The molecule has 0 bridgehead atoms. The maximum Gasteiger partial charge on any atom is 0.242 e. The lowest BCUT2D eigenvalue weighted by Gasteiger charge is -2.30. The SMILES string of the molecule is CCCCNC(=O)[C@@H](C)N(Cc1ccccc1Cl)C(=O)CCCN(c1cc(Cl)ccc1Cl)S(C)(=O)=O. The number of carbonyl (C=O) groups excluding carboxylic acids is 2. The van der Waals surface area contributed by atoms with Crippen molar-refractivity contribution >= 4 is 62.3 Å². The van der Waals surface area contributed by atoms with Gasteiger partial charge in [-0.2, -0.15) is 0 Å². The first-order valence-electron chi connectivity index (χ1n) is 11.7. The van der Waals surface area contributed by atoms with E-state index in [0.29, 0.717) is 22.2 Å². The van der Waals surface area contributed by atoms with Crippen LogP contribution in [0.1, 0.15) is 45.1 Å². The standard InChI is InChI=1S/C25H32Cl3N3O4S/c1-4-5-14-29-25(33)18(2)30(17-19-9-6-7-10-21(19)27)24(32)11-8-15-31(36(3,34)35)23-16-20(26)12-13-22(23)28/h6-7,9-10,12-13,16,18H,4-5,8,11,14-15,17H2,1-3H3,(H,29,33)/t18-/m1/s1. The Hall–Kier alpha value is -2.00. The number of nitrogens with zero attached hydrogens (tertiary/aromatic N) is 2. The zero-order valence-corrected chi connectivity index (χ0v) is 23.7. The van der Waals surface area contributed by atoms with Crippen molar-refractivity contribution in [1.82, 2.24) is 10.2 Å². The minimum Gasteiger partial charge on any atom is -0.354 e. The first-order chi connectivity index (χ1) is 17.0. The molecular formula is C25H32Cl3N3O4S. The lowest BCUT2D eigenvalue weighted by molar-refractivity contribution is -0.140. The van der Waals surface area contributed by atoms with Crippen molar-refractivity contribution in [2.45, 2.75) is 52.1 Å². The fraction of sp³-hybridized carbons (Fsp3) is 0.440. The van der Waals surface area contributed by atoms with Gasteiger partial charge in [0, 0.05) is 36.1 Å². The quantitative estimate of drug-likeness (QED) is 0.318. The van der Waals surface area contributed by atoms with E-state index in [1.807, 2.05) is 13.0 Å². The molecule has 11 heteroatoms. The summed E-state index contributed by atoms with van der Waals surface area (Å²) in [6.45, 7) is 4.39. The number of hydrogen-bond donors (Lipinski definition) is 1. The minimum atomic E-state index is -3.69. The molecule has 0 heterocycles. The highest BCUT2D eigenvalue weighted by Crippen LogP contribution is 2.31. The zero-order chi connectivity index (χ0) is 26.9. The predicted molar refractivity (Wildman–Crippen MR) is 147 cm³/mol. The van der Waals surface area contributed by atoms with Gasteiger partial charge in [0.1, 0.15) is 6.04 Å². The van der Waals surface area contributed by atoms with E-state index in [9.17, 15) is 18.0 Å². The van der Waals surface area contributed by atoms with Crippen LogP contribution < -0.4 is 9.62 Å². The van der Waals surface area contributed by atoms with Gasteiger partial charge in [-0.05, 0) is 49.6 Å². The first kappa shape index (κ1) is 30.2. The van der Waals surface area contributed by atoms with Crippen molar-refractivity contribution in [3.8, 4) is 0 Å². The Balaban J connectivity index is 2.19. The van der Waals surface area contributed by atoms with Crippen LogP contribution in [0.3, 0.4) is 0 Å². The second-order valence-electron chi connectivity index (χ2n) is 8.47. The third-order valence-electron chi connectivity index (χ3n) is 5.62. The van der Waals surface area contributed by atoms with Crippen LogP contribution >= 0.6 is 34.8 Å². The van der Waals surface area contributed by atoms with Gasteiger partial charge in [-0.15, -0.1) is 0 Å². The largest absolute Gasteiger partial charge is 0.354 e. The van der Waals surface area contributed by atoms with E-state index in [0.717, 1.165) is 23.4 Å².